The second-order valence-corrected chi connectivity index (χ2v) is 4.08. The Hall–Kier alpha value is -2.54. The highest BCUT2D eigenvalue weighted by Crippen LogP contribution is 2.11. The number of nitrogens with one attached hydrogen (secondary N) is 1. The third kappa shape index (κ3) is 3.07. The summed E-state index contributed by atoms with van der Waals surface area (Å²) in [7, 11) is 1.37. The summed E-state index contributed by atoms with van der Waals surface area (Å²) in [6, 6.07) is 3.69. The van der Waals surface area contributed by atoms with Crippen molar-refractivity contribution in [3.05, 3.63) is 36.2 Å². The van der Waals surface area contributed by atoms with Crippen LogP contribution in [0.5, 0.6) is 0 Å². The van der Waals surface area contributed by atoms with Gasteiger partial charge in [-0.1, -0.05) is 0 Å². The van der Waals surface area contributed by atoms with Crippen LogP contribution in [-0.4, -0.2) is 46.7 Å². The molecule has 1 unspecified atom stereocenters. The third-order valence-corrected chi connectivity index (χ3v) is 2.67. The number of aromatic nitrogens is 2. The first kappa shape index (κ1) is 13.9. The van der Waals surface area contributed by atoms with E-state index in [1.54, 1.807) is 24.4 Å². The van der Waals surface area contributed by atoms with Crippen molar-refractivity contribution < 1.29 is 19.4 Å². The molecule has 7 nitrogen and oxygen atoms in total. The molecule has 104 valence electrons. The van der Waals surface area contributed by atoms with Crippen molar-refractivity contribution in [2.75, 3.05) is 13.7 Å². The van der Waals surface area contributed by atoms with Gasteiger partial charge in [-0.2, -0.15) is 0 Å². The first-order chi connectivity index (χ1) is 9.61. The predicted molar refractivity (Wildman–Crippen MR) is 70.3 cm³/mol. The van der Waals surface area contributed by atoms with Crippen LogP contribution in [0.25, 0.3) is 11.0 Å². The van der Waals surface area contributed by atoms with E-state index in [-0.39, 0.29) is 6.61 Å². The average molecular weight is 275 g/mol. The number of rotatable bonds is 5. The SMILES string of the molecule is COCC(NC(=O)c1ccc2nccnc2c1)C(=O)O. The van der Waals surface area contributed by atoms with Crippen LogP contribution < -0.4 is 5.32 Å². The molecular weight excluding hydrogens is 262 g/mol. The normalized spacial score (nSPS) is 12.1. The smallest absolute Gasteiger partial charge is 0.328 e. The fourth-order valence-electron chi connectivity index (χ4n) is 1.69. The molecule has 0 aliphatic carbocycles. The number of carbonyl (C=O) groups is 2. The van der Waals surface area contributed by atoms with E-state index in [0.717, 1.165) is 0 Å². The Bertz CT molecular complexity index is 644. The van der Waals surface area contributed by atoms with Gasteiger partial charge in [-0.25, -0.2) is 4.79 Å². The Morgan fingerprint density at radius 2 is 2.00 bits per heavy atom. The van der Waals surface area contributed by atoms with Gasteiger partial charge in [0.15, 0.2) is 6.04 Å². The predicted octanol–water partition coefficient (Wildman–Crippen LogP) is 0.459. The van der Waals surface area contributed by atoms with Crippen LogP contribution in [0.4, 0.5) is 0 Å². The van der Waals surface area contributed by atoms with Crippen molar-refractivity contribution in [2.45, 2.75) is 6.04 Å². The van der Waals surface area contributed by atoms with Crippen LogP contribution in [0, 0.1) is 0 Å². The van der Waals surface area contributed by atoms with Gasteiger partial charge in [0.2, 0.25) is 0 Å². The topological polar surface area (TPSA) is 101 Å². The number of ether oxygens (including phenoxy) is 1. The van der Waals surface area contributed by atoms with E-state index in [1.165, 1.54) is 13.3 Å². The van der Waals surface area contributed by atoms with Crippen molar-refractivity contribution in [3.63, 3.8) is 0 Å². The molecule has 1 amide bonds. The van der Waals surface area contributed by atoms with E-state index in [9.17, 15) is 9.59 Å². The zero-order valence-electron chi connectivity index (χ0n) is 10.7. The molecular formula is C13H13N3O4. The Kier molecular flexibility index (Phi) is 4.21. The monoisotopic (exact) mass is 275 g/mol. The molecule has 2 rings (SSSR count). The van der Waals surface area contributed by atoms with Crippen LogP contribution in [0.3, 0.4) is 0 Å². The summed E-state index contributed by atoms with van der Waals surface area (Å²) < 4.78 is 4.75. The molecule has 1 heterocycles. The van der Waals surface area contributed by atoms with Crippen LogP contribution in [-0.2, 0) is 9.53 Å². The minimum absolute atomic E-state index is 0.103. The summed E-state index contributed by atoms with van der Waals surface area (Å²) in [5, 5.41) is 11.3. The van der Waals surface area contributed by atoms with E-state index in [0.29, 0.717) is 16.6 Å². The molecule has 1 aromatic carbocycles. The lowest BCUT2D eigenvalue weighted by molar-refractivity contribution is -0.140. The summed E-state index contributed by atoms with van der Waals surface area (Å²) in [6.45, 7) is -0.103. The number of carboxylic acids is 1. The standard InChI is InChI=1S/C13H13N3O4/c1-20-7-11(13(18)19)16-12(17)8-2-3-9-10(6-8)15-5-4-14-9/h2-6,11H,7H2,1H3,(H,16,17)(H,18,19). The van der Waals surface area contributed by atoms with Gasteiger partial charge < -0.3 is 15.2 Å². The van der Waals surface area contributed by atoms with Gasteiger partial charge in [-0.3, -0.25) is 14.8 Å². The maximum Gasteiger partial charge on any atom is 0.328 e. The van der Waals surface area contributed by atoms with Gasteiger partial charge in [0.1, 0.15) is 0 Å². The highest BCUT2D eigenvalue weighted by atomic mass is 16.5. The van der Waals surface area contributed by atoms with Gasteiger partial charge in [0, 0.05) is 25.1 Å². The number of carbonyl (C=O) groups excluding carboxylic acids is 1. The maximum atomic E-state index is 12.0. The number of fused-ring (bicyclic) bond motifs is 1. The Balaban J connectivity index is 2.20. The number of methoxy groups -OCH3 is 1. The van der Waals surface area contributed by atoms with E-state index in [4.69, 9.17) is 9.84 Å². The molecule has 1 atom stereocenters. The van der Waals surface area contributed by atoms with E-state index in [2.05, 4.69) is 15.3 Å². The molecule has 1 aromatic heterocycles. The zero-order chi connectivity index (χ0) is 14.5. The zero-order valence-corrected chi connectivity index (χ0v) is 10.7. The number of hydrogen-bond acceptors (Lipinski definition) is 5. The fourth-order valence-corrected chi connectivity index (χ4v) is 1.69. The van der Waals surface area contributed by atoms with E-state index < -0.39 is 17.9 Å². The molecule has 2 N–H and O–H groups in total. The van der Waals surface area contributed by atoms with Crippen molar-refractivity contribution in [3.8, 4) is 0 Å². The van der Waals surface area contributed by atoms with Crippen LogP contribution in [0.1, 0.15) is 10.4 Å². The minimum atomic E-state index is -1.15. The molecule has 0 saturated heterocycles. The first-order valence-electron chi connectivity index (χ1n) is 5.85. The quantitative estimate of drug-likeness (QED) is 0.822. The summed E-state index contributed by atoms with van der Waals surface area (Å²) in [5.74, 6) is -1.65. The number of benzene rings is 1. The number of nitrogens with zero attached hydrogens (tertiary/aromatic N) is 2. The van der Waals surface area contributed by atoms with Gasteiger partial charge in [-0.15, -0.1) is 0 Å². The molecule has 7 heteroatoms. The molecule has 0 spiro atoms. The largest absolute Gasteiger partial charge is 0.480 e. The minimum Gasteiger partial charge on any atom is -0.480 e. The van der Waals surface area contributed by atoms with Crippen LogP contribution >= 0.6 is 0 Å². The van der Waals surface area contributed by atoms with Gasteiger partial charge >= 0.3 is 5.97 Å². The second-order valence-electron chi connectivity index (χ2n) is 4.08. The average Bonchev–Trinajstić information content (AvgIpc) is 2.46. The van der Waals surface area contributed by atoms with Crippen molar-refractivity contribution in [1.82, 2.24) is 15.3 Å². The summed E-state index contributed by atoms with van der Waals surface area (Å²) in [6.07, 6.45) is 3.08. The number of carboxylic acid groups (broad SMARTS) is 1. The van der Waals surface area contributed by atoms with Crippen molar-refractivity contribution in [1.29, 1.82) is 0 Å². The molecule has 0 bridgehead atoms. The van der Waals surface area contributed by atoms with Crippen molar-refractivity contribution in [2.24, 2.45) is 0 Å². The summed E-state index contributed by atoms with van der Waals surface area (Å²) in [5.41, 5.74) is 1.55. The molecule has 20 heavy (non-hydrogen) atoms. The number of hydrogen-bond donors (Lipinski definition) is 2. The van der Waals surface area contributed by atoms with Gasteiger partial charge in [0.05, 0.1) is 17.6 Å². The molecule has 0 fully saturated rings. The van der Waals surface area contributed by atoms with Gasteiger partial charge in [0.25, 0.3) is 5.91 Å². The molecule has 0 radical (unpaired) electrons. The number of amides is 1. The molecule has 2 aromatic rings. The summed E-state index contributed by atoms with van der Waals surface area (Å²) in [4.78, 5) is 31.1. The lowest BCUT2D eigenvalue weighted by Crippen LogP contribution is -2.43. The molecule has 0 aliphatic rings. The lowest BCUT2D eigenvalue weighted by atomic mass is 10.1. The third-order valence-electron chi connectivity index (χ3n) is 2.67. The van der Waals surface area contributed by atoms with Gasteiger partial charge in [-0.05, 0) is 18.2 Å². The highest BCUT2D eigenvalue weighted by Gasteiger charge is 2.20. The fraction of sp³-hybridized carbons (Fsp3) is 0.231. The maximum absolute atomic E-state index is 12.0. The Labute approximate surface area is 114 Å². The Morgan fingerprint density at radius 1 is 1.30 bits per heavy atom. The first-order valence-corrected chi connectivity index (χ1v) is 5.85. The van der Waals surface area contributed by atoms with Crippen molar-refractivity contribution >= 4 is 22.9 Å². The van der Waals surface area contributed by atoms with E-state index >= 15 is 0 Å². The second kappa shape index (κ2) is 6.07. The molecule has 0 aliphatic heterocycles. The molecule has 0 saturated carbocycles. The van der Waals surface area contributed by atoms with Crippen LogP contribution in [0.15, 0.2) is 30.6 Å². The number of aliphatic carboxylic acids is 1. The highest BCUT2D eigenvalue weighted by molar-refractivity contribution is 5.99. The summed E-state index contributed by atoms with van der Waals surface area (Å²) >= 11 is 0. The Morgan fingerprint density at radius 3 is 2.65 bits per heavy atom. The lowest BCUT2D eigenvalue weighted by Gasteiger charge is -2.13. The van der Waals surface area contributed by atoms with Crippen LogP contribution in [0.2, 0.25) is 0 Å². The van der Waals surface area contributed by atoms with E-state index in [1.807, 2.05) is 0 Å².